The van der Waals surface area contributed by atoms with Crippen LogP contribution in [-0.2, 0) is 16.1 Å². The van der Waals surface area contributed by atoms with Crippen molar-refractivity contribution in [3.05, 3.63) is 65.2 Å². The molecule has 3 nitrogen and oxygen atoms in total. The molecule has 0 saturated heterocycles. The molecular weight excluding hydrogens is 286 g/mol. The summed E-state index contributed by atoms with van der Waals surface area (Å²) in [5, 5.41) is 3.90. The maximum absolute atomic E-state index is 11.6. The Labute approximate surface area is 129 Å². The molecule has 0 unspecified atom stereocenters. The summed E-state index contributed by atoms with van der Waals surface area (Å²) in [5.41, 5.74) is 1.96. The Hall–Kier alpha value is -2.00. The van der Waals surface area contributed by atoms with Gasteiger partial charge >= 0.3 is 5.97 Å². The van der Waals surface area contributed by atoms with Crippen LogP contribution in [0.3, 0.4) is 0 Å². The number of rotatable bonds is 7. The molecule has 0 aliphatic rings. The van der Waals surface area contributed by atoms with Crippen molar-refractivity contribution in [1.82, 2.24) is 0 Å². The van der Waals surface area contributed by atoms with Gasteiger partial charge in [-0.1, -0.05) is 41.9 Å². The van der Waals surface area contributed by atoms with Gasteiger partial charge in [-0.3, -0.25) is 4.79 Å². The van der Waals surface area contributed by atoms with Gasteiger partial charge in [-0.15, -0.1) is 0 Å². The molecule has 110 valence electrons. The Kier molecular flexibility index (Phi) is 6.10. The van der Waals surface area contributed by atoms with Crippen LogP contribution in [0.25, 0.3) is 0 Å². The van der Waals surface area contributed by atoms with Crippen LogP contribution in [0.5, 0.6) is 0 Å². The normalized spacial score (nSPS) is 10.1. The summed E-state index contributed by atoms with van der Waals surface area (Å²) in [7, 11) is 0. The number of anilines is 1. The molecule has 0 saturated carbocycles. The molecular formula is C17H18ClNO2. The number of nitrogens with one attached hydrogen (secondary N) is 1. The van der Waals surface area contributed by atoms with Crippen LogP contribution < -0.4 is 5.32 Å². The molecule has 0 fully saturated rings. The van der Waals surface area contributed by atoms with E-state index in [1.54, 1.807) is 12.1 Å². The van der Waals surface area contributed by atoms with Crippen molar-refractivity contribution in [2.24, 2.45) is 0 Å². The van der Waals surface area contributed by atoms with E-state index < -0.39 is 0 Å². The summed E-state index contributed by atoms with van der Waals surface area (Å²) in [6, 6.07) is 17.2. The van der Waals surface area contributed by atoms with Gasteiger partial charge in [-0.05, 0) is 36.2 Å². The first-order valence-corrected chi connectivity index (χ1v) is 7.31. The number of para-hydroxylation sites is 1. The highest BCUT2D eigenvalue weighted by molar-refractivity contribution is 6.30. The standard InChI is InChI=1S/C17H18ClNO2/c18-15-7-4-6-14(12-15)13-21-17(20)10-5-11-19-16-8-2-1-3-9-16/h1-4,6-9,12,19H,5,10-11,13H2. The fourth-order valence-corrected chi connectivity index (χ4v) is 2.10. The van der Waals surface area contributed by atoms with Crippen LogP contribution in [0.15, 0.2) is 54.6 Å². The van der Waals surface area contributed by atoms with Gasteiger partial charge in [0.15, 0.2) is 0 Å². The highest BCUT2D eigenvalue weighted by Gasteiger charge is 2.03. The zero-order valence-corrected chi connectivity index (χ0v) is 12.5. The lowest BCUT2D eigenvalue weighted by Gasteiger charge is -2.07. The molecule has 0 aliphatic carbocycles. The third kappa shape index (κ3) is 5.88. The number of ether oxygens (including phenoxy) is 1. The van der Waals surface area contributed by atoms with Gasteiger partial charge in [0.2, 0.25) is 0 Å². The maximum Gasteiger partial charge on any atom is 0.306 e. The van der Waals surface area contributed by atoms with E-state index in [2.05, 4.69) is 5.32 Å². The monoisotopic (exact) mass is 303 g/mol. The third-order valence-electron chi connectivity index (χ3n) is 2.95. The van der Waals surface area contributed by atoms with Crippen molar-refractivity contribution in [2.45, 2.75) is 19.4 Å². The molecule has 2 rings (SSSR count). The summed E-state index contributed by atoms with van der Waals surface area (Å²) in [6.07, 6.45) is 1.14. The van der Waals surface area contributed by atoms with Crippen molar-refractivity contribution in [3.63, 3.8) is 0 Å². The second-order valence-corrected chi connectivity index (χ2v) is 5.12. The SMILES string of the molecule is O=C(CCCNc1ccccc1)OCc1cccc(Cl)c1. The molecule has 0 atom stereocenters. The summed E-state index contributed by atoms with van der Waals surface area (Å²) in [4.78, 5) is 11.6. The van der Waals surface area contributed by atoms with Crippen molar-refractivity contribution < 1.29 is 9.53 Å². The topological polar surface area (TPSA) is 38.3 Å². The van der Waals surface area contributed by atoms with E-state index in [0.717, 1.165) is 24.2 Å². The molecule has 0 radical (unpaired) electrons. The highest BCUT2D eigenvalue weighted by Crippen LogP contribution is 2.12. The number of hydrogen-bond donors (Lipinski definition) is 1. The lowest BCUT2D eigenvalue weighted by Crippen LogP contribution is -2.08. The van der Waals surface area contributed by atoms with Crippen LogP contribution in [0.1, 0.15) is 18.4 Å². The second-order valence-electron chi connectivity index (χ2n) is 4.69. The van der Waals surface area contributed by atoms with E-state index in [0.29, 0.717) is 11.4 Å². The lowest BCUT2D eigenvalue weighted by atomic mass is 10.2. The number of benzene rings is 2. The summed E-state index contributed by atoms with van der Waals surface area (Å²) < 4.78 is 5.21. The van der Waals surface area contributed by atoms with E-state index >= 15 is 0 Å². The zero-order valence-electron chi connectivity index (χ0n) is 11.7. The first kappa shape index (κ1) is 15.4. The maximum atomic E-state index is 11.6. The van der Waals surface area contributed by atoms with E-state index in [1.165, 1.54) is 0 Å². The van der Waals surface area contributed by atoms with Crippen molar-refractivity contribution in [3.8, 4) is 0 Å². The predicted octanol–water partition coefficient (Wildman–Crippen LogP) is 4.28. The van der Waals surface area contributed by atoms with Gasteiger partial charge in [0, 0.05) is 23.7 Å². The molecule has 0 spiro atoms. The number of carbonyl (C=O) groups is 1. The number of carbonyl (C=O) groups excluding carboxylic acids is 1. The van der Waals surface area contributed by atoms with E-state index in [4.69, 9.17) is 16.3 Å². The number of hydrogen-bond acceptors (Lipinski definition) is 3. The number of esters is 1. The Bertz CT molecular complexity index is 572. The van der Waals surface area contributed by atoms with Crippen LogP contribution in [0.4, 0.5) is 5.69 Å². The lowest BCUT2D eigenvalue weighted by molar-refractivity contribution is -0.145. The second kappa shape index (κ2) is 8.32. The Morgan fingerprint density at radius 3 is 2.67 bits per heavy atom. The molecule has 0 aliphatic heterocycles. The molecule has 21 heavy (non-hydrogen) atoms. The highest BCUT2D eigenvalue weighted by atomic mass is 35.5. The van der Waals surface area contributed by atoms with E-state index in [-0.39, 0.29) is 12.6 Å². The Morgan fingerprint density at radius 1 is 1.10 bits per heavy atom. The van der Waals surface area contributed by atoms with Crippen LogP contribution in [0.2, 0.25) is 5.02 Å². The summed E-state index contributed by atoms with van der Waals surface area (Å²) in [6.45, 7) is 1.02. The van der Waals surface area contributed by atoms with Gasteiger partial charge in [-0.2, -0.15) is 0 Å². The molecule has 0 bridgehead atoms. The Morgan fingerprint density at radius 2 is 1.90 bits per heavy atom. The van der Waals surface area contributed by atoms with Gasteiger partial charge in [0.25, 0.3) is 0 Å². The minimum Gasteiger partial charge on any atom is -0.461 e. The fraction of sp³-hybridized carbons (Fsp3) is 0.235. The minimum absolute atomic E-state index is 0.190. The van der Waals surface area contributed by atoms with Crippen LogP contribution in [0, 0.1) is 0 Å². The summed E-state index contributed by atoms with van der Waals surface area (Å²) in [5.74, 6) is -0.190. The average molecular weight is 304 g/mol. The molecule has 0 heterocycles. The van der Waals surface area contributed by atoms with Crippen molar-refractivity contribution >= 4 is 23.3 Å². The van der Waals surface area contributed by atoms with Gasteiger partial charge < -0.3 is 10.1 Å². The third-order valence-corrected chi connectivity index (χ3v) is 3.18. The predicted molar refractivity (Wildman–Crippen MR) is 85.4 cm³/mol. The zero-order chi connectivity index (χ0) is 14.9. The molecule has 0 aromatic heterocycles. The minimum atomic E-state index is -0.190. The average Bonchev–Trinajstić information content (AvgIpc) is 2.51. The van der Waals surface area contributed by atoms with Gasteiger partial charge in [-0.25, -0.2) is 0 Å². The van der Waals surface area contributed by atoms with E-state index in [9.17, 15) is 4.79 Å². The van der Waals surface area contributed by atoms with Crippen molar-refractivity contribution in [2.75, 3.05) is 11.9 Å². The molecule has 0 amide bonds. The molecule has 2 aromatic rings. The smallest absolute Gasteiger partial charge is 0.306 e. The fourth-order valence-electron chi connectivity index (χ4n) is 1.88. The first-order chi connectivity index (χ1) is 10.2. The van der Waals surface area contributed by atoms with E-state index in [1.807, 2.05) is 42.5 Å². The van der Waals surface area contributed by atoms with Gasteiger partial charge in [0.05, 0.1) is 0 Å². The number of halogens is 1. The van der Waals surface area contributed by atoms with Crippen molar-refractivity contribution in [1.29, 1.82) is 0 Å². The van der Waals surface area contributed by atoms with Crippen LogP contribution in [-0.4, -0.2) is 12.5 Å². The molecule has 4 heteroatoms. The quantitative estimate of drug-likeness (QED) is 0.613. The van der Waals surface area contributed by atoms with Crippen LogP contribution >= 0.6 is 11.6 Å². The Balaban J connectivity index is 1.62. The first-order valence-electron chi connectivity index (χ1n) is 6.93. The largest absolute Gasteiger partial charge is 0.461 e. The van der Waals surface area contributed by atoms with Gasteiger partial charge in [0.1, 0.15) is 6.61 Å². The summed E-state index contributed by atoms with van der Waals surface area (Å²) >= 11 is 5.87. The molecule has 1 N–H and O–H groups in total. The molecule has 2 aromatic carbocycles.